The molecule has 0 radical (unpaired) electrons. The fraction of sp³-hybridized carbons (Fsp3) is 0.276. The van der Waals surface area contributed by atoms with Crippen LogP contribution in [0.15, 0.2) is 77.2 Å². The molecule has 0 bridgehead atoms. The summed E-state index contributed by atoms with van der Waals surface area (Å²) in [6.45, 7) is 6.70. The van der Waals surface area contributed by atoms with Crippen LogP contribution >= 0.6 is 0 Å². The van der Waals surface area contributed by atoms with Crippen molar-refractivity contribution in [2.75, 3.05) is 7.11 Å². The van der Waals surface area contributed by atoms with Crippen LogP contribution in [-0.2, 0) is 16.1 Å². The highest BCUT2D eigenvalue weighted by molar-refractivity contribution is 5.76. The lowest BCUT2D eigenvalue weighted by Crippen LogP contribution is -2.42. The van der Waals surface area contributed by atoms with Crippen molar-refractivity contribution in [2.24, 2.45) is 5.92 Å². The fourth-order valence-electron chi connectivity index (χ4n) is 4.17. The number of hydrogen-bond acceptors (Lipinski definition) is 6. The van der Waals surface area contributed by atoms with Gasteiger partial charge >= 0.3 is 5.97 Å². The zero-order chi connectivity index (χ0) is 24.8. The largest absolute Gasteiger partial charge is 0.468 e. The van der Waals surface area contributed by atoms with E-state index in [0.717, 1.165) is 39.8 Å². The van der Waals surface area contributed by atoms with E-state index in [1.54, 1.807) is 0 Å². The molecular weight excluding hydrogens is 438 g/mol. The second kappa shape index (κ2) is 11.1. The highest BCUT2D eigenvalue weighted by atomic mass is 16.5. The number of benzene rings is 3. The second-order valence-electron chi connectivity index (χ2n) is 8.72. The van der Waals surface area contributed by atoms with Gasteiger partial charge < -0.3 is 14.5 Å². The Labute approximate surface area is 206 Å². The lowest BCUT2D eigenvalue weighted by Gasteiger charge is -2.22. The van der Waals surface area contributed by atoms with Crippen LogP contribution in [0.4, 0.5) is 0 Å². The van der Waals surface area contributed by atoms with Gasteiger partial charge in [0, 0.05) is 17.7 Å². The van der Waals surface area contributed by atoms with Crippen LogP contribution in [0.5, 0.6) is 0 Å². The van der Waals surface area contributed by atoms with E-state index >= 15 is 0 Å². The molecule has 0 spiro atoms. The van der Waals surface area contributed by atoms with Crippen LogP contribution < -0.4 is 5.32 Å². The van der Waals surface area contributed by atoms with Gasteiger partial charge in [-0.2, -0.15) is 0 Å². The molecule has 35 heavy (non-hydrogen) atoms. The Kier molecular flexibility index (Phi) is 7.73. The predicted octanol–water partition coefficient (Wildman–Crippen LogP) is 6.06. The summed E-state index contributed by atoms with van der Waals surface area (Å²) in [6, 6.07) is 23.9. The molecule has 4 aromatic rings. The van der Waals surface area contributed by atoms with E-state index in [4.69, 9.17) is 9.15 Å². The molecule has 180 valence electrons. The molecule has 0 saturated heterocycles. The Morgan fingerprint density at radius 3 is 2.37 bits per heavy atom. The highest BCUT2D eigenvalue weighted by Crippen LogP contribution is 2.32. The molecular formula is C29H31N3O3. The number of esters is 1. The number of nitrogens with one attached hydrogen (secondary N) is 1. The third-order valence-electron chi connectivity index (χ3n) is 6.44. The summed E-state index contributed by atoms with van der Waals surface area (Å²) < 4.78 is 11.1. The van der Waals surface area contributed by atoms with Gasteiger partial charge in [-0.05, 0) is 53.3 Å². The molecule has 0 aliphatic heterocycles. The standard InChI is InChI=1S/C29H31N3O3/c1-5-19(2)26(29(33)34-4)30-18-21-11-9-14-23(17-21)27-31-32-28(35-27)25-16-10-15-24(20(25)3)22-12-7-6-8-13-22/h6-17,19,26,30H,5,18H2,1-4H3. The second-order valence-corrected chi connectivity index (χ2v) is 8.72. The molecule has 0 aliphatic carbocycles. The Morgan fingerprint density at radius 1 is 0.943 bits per heavy atom. The number of carbonyl (C=O) groups is 1. The number of nitrogens with zero attached hydrogens (tertiary/aromatic N) is 2. The van der Waals surface area contributed by atoms with Gasteiger partial charge in [0.15, 0.2) is 0 Å². The molecule has 1 heterocycles. The fourth-order valence-corrected chi connectivity index (χ4v) is 4.17. The summed E-state index contributed by atoms with van der Waals surface area (Å²) in [7, 11) is 1.42. The first-order chi connectivity index (χ1) is 17.0. The van der Waals surface area contributed by atoms with Crippen molar-refractivity contribution in [1.29, 1.82) is 0 Å². The van der Waals surface area contributed by atoms with Gasteiger partial charge in [-0.15, -0.1) is 10.2 Å². The molecule has 3 aromatic carbocycles. The van der Waals surface area contributed by atoms with Crippen molar-refractivity contribution in [3.63, 3.8) is 0 Å². The Morgan fingerprint density at radius 2 is 1.63 bits per heavy atom. The average Bonchev–Trinajstić information content (AvgIpc) is 3.39. The predicted molar refractivity (Wildman–Crippen MR) is 137 cm³/mol. The Balaban J connectivity index is 1.55. The molecule has 0 fully saturated rings. The lowest BCUT2D eigenvalue weighted by molar-refractivity contribution is -0.144. The highest BCUT2D eigenvalue weighted by Gasteiger charge is 2.24. The third kappa shape index (κ3) is 5.49. The first-order valence-corrected chi connectivity index (χ1v) is 11.9. The van der Waals surface area contributed by atoms with Gasteiger partial charge in [-0.3, -0.25) is 4.79 Å². The minimum atomic E-state index is -0.358. The van der Waals surface area contributed by atoms with E-state index in [1.807, 2.05) is 61.5 Å². The quantitative estimate of drug-likeness (QED) is 0.300. The zero-order valence-electron chi connectivity index (χ0n) is 20.6. The van der Waals surface area contributed by atoms with Gasteiger partial charge in [0.05, 0.1) is 7.11 Å². The van der Waals surface area contributed by atoms with Crippen LogP contribution in [0.1, 0.15) is 31.4 Å². The summed E-state index contributed by atoms with van der Waals surface area (Å²) in [4.78, 5) is 12.2. The summed E-state index contributed by atoms with van der Waals surface area (Å²) in [5.74, 6) is 0.864. The number of hydrogen-bond donors (Lipinski definition) is 1. The molecule has 0 saturated carbocycles. The van der Waals surface area contributed by atoms with E-state index in [9.17, 15) is 4.79 Å². The minimum absolute atomic E-state index is 0.166. The summed E-state index contributed by atoms with van der Waals surface area (Å²) in [6.07, 6.45) is 0.877. The van der Waals surface area contributed by atoms with E-state index in [-0.39, 0.29) is 17.9 Å². The van der Waals surface area contributed by atoms with Gasteiger partial charge in [0.25, 0.3) is 0 Å². The van der Waals surface area contributed by atoms with Crippen molar-refractivity contribution >= 4 is 5.97 Å². The lowest BCUT2D eigenvalue weighted by atomic mass is 9.96. The van der Waals surface area contributed by atoms with Gasteiger partial charge in [-0.25, -0.2) is 0 Å². The zero-order valence-corrected chi connectivity index (χ0v) is 20.6. The number of aromatic nitrogens is 2. The van der Waals surface area contributed by atoms with Crippen LogP contribution in [0.25, 0.3) is 34.0 Å². The molecule has 1 aromatic heterocycles. The van der Waals surface area contributed by atoms with E-state index in [1.165, 1.54) is 7.11 Å². The molecule has 6 heteroatoms. The average molecular weight is 470 g/mol. The first-order valence-electron chi connectivity index (χ1n) is 11.9. The summed E-state index contributed by atoms with van der Waals surface area (Å²) in [5.41, 5.74) is 6.13. The van der Waals surface area contributed by atoms with E-state index in [0.29, 0.717) is 18.3 Å². The molecule has 1 N–H and O–H groups in total. The van der Waals surface area contributed by atoms with Crippen molar-refractivity contribution in [1.82, 2.24) is 15.5 Å². The number of rotatable bonds is 9. The minimum Gasteiger partial charge on any atom is -0.468 e. The van der Waals surface area contributed by atoms with Crippen molar-refractivity contribution in [3.8, 4) is 34.0 Å². The van der Waals surface area contributed by atoms with Crippen LogP contribution in [-0.4, -0.2) is 29.3 Å². The van der Waals surface area contributed by atoms with Crippen molar-refractivity contribution < 1.29 is 13.9 Å². The Hall–Kier alpha value is -3.77. The monoisotopic (exact) mass is 469 g/mol. The van der Waals surface area contributed by atoms with E-state index in [2.05, 4.69) is 47.6 Å². The maximum atomic E-state index is 12.2. The normalized spacial score (nSPS) is 12.8. The van der Waals surface area contributed by atoms with Gasteiger partial charge in [0.2, 0.25) is 11.8 Å². The maximum absolute atomic E-state index is 12.2. The van der Waals surface area contributed by atoms with Gasteiger partial charge in [-0.1, -0.05) is 74.9 Å². The molecule has 0 aliphatic rings. The van der Waals surface area contributed by atoms with Crippen LogP contribution in [0.3, 0.4) is 0 Å². The number of methoxy groups -OCH3 is 1. The van der Waals surface area contributed by atoms with Crippen molar-refractivity contribution in [2.45, 2.75) is 39.8 Å². The smallest absolute Gasteiger partial charge is 0.323 e. The molecule has 0 amide bonds. The summed E-state index contributed by atoms with van der Waals surface area (Å²) >= 11 is 0. The van der Waals surface area contributed by atoms with Crippen molar-refractivity contribution in [3.05, 3.63) is 83.9 Å². The van der Waals surface area contributed by atoms with Gasteiger partial charge in [0.1, 0.15) is 6.04 Å². The van der Waals surface area contributed by atoms with Crippen LogP contribution in [0, 0.1) is 12.8 Å². The SMILES string of the molecule is CCC(C)C(NCc1cccc(-c2nnc(-c3cccc(-c4ccccc4)c3C)o2)c1)C(=O)OC. The summed E-state index contributed by atoms with van der Waals surface area (Å²) in [5, 5.41) is 12.0. The number of ether oxygens (including phenoxy) is 1. The molecule has 2 unspecified atom stereocenters. The number of carbonyl (C=O) groups excluding carboxylic acids is 1. The first kappa shape index (κ1) is 24.4. The Bertz CT molecular complexity index is 1280. The molecule has 2 atom stereocenters. The van der Waals surface area contributed by atoms with Crippen LogP contribution in [0.2, 0.25) is 0 Å². The maximum Gasteiger partial charge on any atom is 0.323 e. The topological polar surface area (TPSA) is 77.3 Å². The third-order valence-corrected chi connectivity index (χ3v) is 6.44. The molecule has 6 nitrogen and oxygen atoms in total. The van der Waals surface area contributed by atoms with E-state index < -0.39 is 0 Å². The molecule has 4 rings (SSSR count).